The van der Waals surface area contributed by atoms with Gasteiger partial charge in [0, 0.05) is 15.4 Å². The van der Waals surface area contributed by atoms with Crippen LogP contribution in [0, 0.1) is 11.7 Å². The van der Waals surface area contributed by atoms with Gasteiger partial charge in [-0.25, -0.2) is 12.8 Å². The van der Waals surface area contributed by atoms with Gasteiger partial charge in [0.25, 0.3) is 0 Å². The highest BCUT2D eigenvalue weighted by molar-refractivity contribution is 9.09. The number of halogens is 3. The molecule has 0 aromatic heterocycles. The third-order valence-corrected chi connectivity index (χ3v) is 6.21. The lowest BCUT2D eigenvalue weighted by molar-refractivity contribution is 0.546. The van der Waals surface area contributed by atoms with E-state index in [-0.39, 0.29) is 28.1 Å². The van der Waals surface area contributed by atoms with Crippen molar-refractivity contribution in [1.29, 1.82) is 0 Å². The molecule has 1 heterocycles. The molecule has 2 unspecified atom stereocenters. The average Bonchev–Trinajstić information content (AvgIpc) is 2.61. The van der Waals surface area contributed by atoms with Crippen molar-refractivity contribution in [3.05, 3.63) is 34.6 Å². The molecule has 1 aliphatic rings. The topological polar surface area (TPSA) is 34.1 Å². The van der Waals surface area contributed by atoms with Crippen LogP contribution in [0.3, 0.4) is 0 Å². The van der Waals surface area contributed by atoms with Crippen LogP contribution in [-0.2, 0) is 9.84 Å². The molecule has 94 valence electrons. The lowest BCUT2D eigenvalue weighted by atomic mass is 9.98. The second kappa shape index (κ2) is 4.86. The summed E-state index contributed by atoms with van der Waals surface area (Å²) in [4.78, 5) is -0.307. The van der Waals surface area contributed by atoms with E-state index in [1.54, 1.807) is 6.07 Å². The van der Waals surface area contributed by atoms with Gasteiger partial charge in [-0.05, 0) is 30.5 Å². The average molecular weight is 342 g/mol. The van der Waals surface area contributed by atoms with Crippen molar-refractivity contribution in [1.82, 2.24) is 0 Å². The SMILES string of the molecule is O=S1(=O)CCC(C(Br)c2cc(Cl)ccc2F)C1. The Bertz CT molecular complexity index is 532. The molecule has 6 heteroatoms. The van der Waals surface area contributed by atoms with Crippen LogP contribution in [0.4, 0.5) is 4.39 Å². The van der Waals surface area contributed by atoms with Gasteiger partial charge in [0.2, 0.25) is 0 Å². The highest BCUT2D eigenvalue weighted by Gasteiger charge is 2.34. The minimum atomic E-state index is -2.96. The van der Waals surface area contributed by atoms with Crippen molar-refractivity contribution in [2.24, 2.45) is 5.92 Å². The first-order chi connectivity index (χ1) is 7.89. The highest BCUT2D eigenvalue weighted by atomic mass is 79.9. The molecule has 1 aromatic carbocycles. The van der Waals surface area contributed by atoms with Crippen LogP contribution in [0.1, 0.15) is 16.8 Å². The van der Waals surface area contributed by atoms with Gasteiger partial charge in [0.1, 0.15) is 5.82 Å². The molecule has 2 atom stereocenters. The standard InChI is InChI=1S/C11H11BrClFO2S/c12-11(7-3-4-17(15,16)6-7)9-5-8(13)1-2-10(9)14/h1-2,5,7,11H,3-4,6H2. The van der Waals surface area contributed by atoms with Crippen molar-refractivity contribution in [2.75, 3.05) is 11.5 Å². The van der Waals surface area contributed by atoms with E-state index >= 15 is 0 Å². The molecule has 0 aliphatic carbocycles. The van der Waals surface area contributed by atoms with E-state index in [9.17, 15) is 12.8 Å². The maximum absolute atomic E-state index is 13.6. The molecule has 0 spiro atoms. The van der Waals surface area contributed by atoms with Crippen molar-refractivity contribution >= 4 is 37.4 Å². The van der Waals surface area contributed by atoms with Gasteiger partial charge in [-0.1, -0.05) is 27.5 Å². The fraction of sp³-hybridized carbons (Fsp3) is 0.455. The largest absolute Gasteiger partial charge is 0.229 e. The molecule has 2 rings (SSSR count). The molecule has 1 saturated heterocycles. The number of alkyl halides is 1. The van der Waals surface area contributed by atoms with Crippen LogP contribution in [0.5, 0.6) is 0 Å². The van der Waals surface area contributed by atoms with Crippen molar-refractivity contribution in [3.8, 4) is 0 Å². The van der Waals surface area contributed by atoms with Gasteiger partial charge in [0.15, 0.2) is 9.84 Å². The van der Waals surface area contributed by atoms with Crippen LogP contribution in [0.25, 0.3) is 0 Å². The summed E-state index contributed by atoms with van der Waals surface area (Å²) in [6, 6.07) is 4.32. The Morgan fingerprint density at radius 3 is 2.76 bits per heavy atom. The first-order valence-corrected chi connectivity index (χ1v) is 8.30. The Morgan fingerprint density at radius 2 is 2.18 bits per heavy atom. The fourth-order valence-electron chi connectivity index (χ4n) is 2.03. The quantitative estimate of drug-likeness (QED) is 0.773. The highest BCUT2D eigenvalue weighted by Crippen LogP contribution is 2.39. The Balaban J connectivity index is 2.26. The van der Waals surface area contributed by atoms with E-state index in [4.69, 9.17) is 11.6 Å². The predicted octanol–water partition coefficient (Wildman–Crippen LogP) is 3.35. The van der Waals surface area contributed by atoms with Gasteiger partial charge >= 0.3 is 0 Å². The zero-order valence-corrected chi connectivity index (χ0v) is 12.0. The van der Waals surface area contributed by atoms with Crippen LogP contribution in [-0.4, -0.2) is 19.9 Å². The number of hydrogen-bond acceptors (Lipinski definition) is 2. The molecule has 0 N–H and O–H groups in total. The molecule has 0 bridgehead atoms. The van der Waals surface area contributed by atoms with E-state index in [0.29, 0.717) is 17.0 Å². The zero-order valence-electron chi connectivity index (χ0n) is 8.87. The second-order valence-corrected chi connectivity index (χ2v) is 7.88. The Hall–Kier alpha value is -0.130. The summed E-state index contributed by atoms with van der Waals surface area (Å²) in [6.45, 7) is 0. The Labute approximate surface area is 113 Å². The molecule has 1 aromatic rings. The van der Waals surface area contributed by atoms with Crippen LogP contribution < -0.4 is 0 Å². The van der Waals surface area contributed by atoms with E-state index in [2.05, 4.69) is 15.9 Å². The molecule has 17 heavy (non-hydrogen) atoms. The summed E-state index contributed by atoms with van der Waals surface area (Å²) in [7, 11) is -2.96. The molecular weight excluding hydrogens is 331 g/mol. The van der Waals surface area contributed by atoms with Crippen molar-refractivity contribution in [2.45, 2.75) is 11.2 Å². The normalized spacial score (nSPS) is 24.8. The van der Waals surface area contributed by atoms with E-state index in [1.165, 1.54) is 12.1 Å². The van der Waals surface area contributed by atoms with Gasteiger partial charge in [0.05, 0.1) is 11.5 Å². The van der Waals surface area contributed by atoms with Crippen LogP contribution >= 0.6 is 27.5 Å². The summed E-state index contributed by atoms with van der Waals surface area (Å²) in [6.07, 6.45) is 0.560. The Morgan fingerprint density at radius 1 is 1.47 bits per heavy atom. The van der Waals surface area contributed by atoms with Gasteiger partial charge in [-0.2, -0.15) is 0 Å². The molecule has 0 saturated carbocycles. The summed E-state index contributed by atoms with van der Waals surface area (Å²) < 4.78 is 36.4. The van der Waals surface area contributed by atoms with E-state index < -0.39 is 9.84 Å². The zero-order chi connectivity index (χ0) is 12.6. The molecule has 1 fully saturated rings. The van der Waals surface area contributed by atoms with E-state index in [0.717, 1.165) is 0 Å². The minimum absolute atomic E-state index is 0.0898. The Kier molecular flexibility index (Phi) is 3.80. The maximum atomic E-state index is 13.6. The summed E-state index contributed by atoms with van der Waals surface area (Å²) in [5, 5.41) is 0.451. The maximum Gasteiger partial charge on any atom is 0.150 e. The van der Waals surface area contributed by atoms with Crippen LogP contribution in [0.2, 0.25) is 5.02 Å². The number of hydrogen-bond donors (Lipinski definition) is 0. The smallest absolute Gasteiger partial charge is 0.150 e. The van der Waals surface area contributed by atoms with Gasteiger partial charge in [-0.3, -0.25) is 0 Å². The molecule has 1 aliphatic heterocycles. The monoisotopic (exact) mass is 340 g/mol. The van der Waals surface area contributed by atoms with E-state index in [1.807, 2.05) is 0 Å². The van der Waals surface area contributed by atoms with Crippen LogP contribution in [0.15, 0.2) is 18.2 Å². The summed E-state index contributed by atoms with van der Waals surface area (Å²) in [5.41, 5.74) is 0.430. The third-order valence-electron chi connectivity index (χ3n) is 2.94. The first kappa shape index (κ1) is 13.3. The summed E-state index contributed by atoms with van der Waals surface area (Å²) >= 11 is 9.20. The molecular formula is C11H11BrClFO2S. The minimum Gasteiger partial charge on any atom is -0.229 e. The molecule has 2 nitrogen and oxygen atoms in total. The first-order valence-electron chi connectivity index (χ1n) is 5.18. The lowest BCUT2D eigenvalue weighted by Crippen LogP contribution is -2.11. The van der Waals surface area contributed by atoms with Gasteiger partial charge in [-0.15, -0.1) is 0 Å². The second-order valence-electron chi connectivity index (χ2n) is 4.23. The summed E-state index contributed by atoms with van der Waals surface area (Å²) in [5.74, 6) is -0.162. The number of benzene rings is 1. The predicted molar refractivity (Wildman–Crippen MR) is 69.8 cm³/mol. The fourth-order valence-corrected chi connectivity index (χ4v) is 5.10. The lowest BCUT2D eigenvalue weighted by Gasteiger charge is -2.17. The number of rotatable bonds is 2. The molecule has 0 amide bonds. The van der Waals surface area contributed by atoms with Crippen molar-refractivity contribution in [3.63, 3.8) is 0 Å². The third kappa shape index (κ3) is 3.01. The number of sulfone groups is 1. The molecule has 0 radical (unpaired) electrons. The van der Waals surface area contributed by atoms with Gasteiger partial charge < -0.3 is 0 Å². The van der Waals surface area contributed by atoms with Crippen molar-refractivity contribution < 1.29 is 12.8 Å².